The van der Waals surface area contributed by atoms with Gasteiger partial charge in [-0.2, -0.15) is 0 Å². The summed E-state index contributed by atoms with van der Waals surface area (Å²) in [6.07, 6.45) is 2.94. The van der Waals surface area contributed by atoms with E-state index in [2.05, 4.69) is 0 Å². The first-order valence-electron chi connectivity index (χ1n) is 10.5. The second kappa shape index (κ2) is 9.24. The molecule has 2 unspecified atom stereocenters. The summed E-state index contributed by atoms with van der Waals surface area (Å²) in [5.41, 5.74) is 1.41. The minimum absolute atomic E-state index is 0.0170. The molecule has 2 atom stereocenters. The Hall–Kier alpha value is -2.76. The van der Waals surface area contributed by atoms with Gasteiger partial charge in [0, 0.05) is 25.8 Å². The summed E-state index contributed by atoms with van der Waals surface area (Å²) in [6, 6.07) is 3.69. The van der Waals surface area contributed by atoms with Crippen LogP contribution in [0.25, 0.3) is 11.7 Å². The molecule has 1 amide bonds. The lowest BCUT2D eigenvalue weighted by Gasteiger charge is -2.36. The summed E-state index contributed by atoms with van der Waals surface area (Å²) in [7, 11) is 0. The number of thioether (sulfide) groups is 1. The molecule has 9 nitrogen and oxygen atoms in total. The van der Waals surface area contributed by atoms with E-state index in [0.29, 0.717) is 24.6 Å². The molecule has 4 heterocycles. The molecule has 0 aliphatic carbocycles. The van der Waals surface area contributed by atoms with Crippen molar-refractivity contribution >= 4 is 57.7 Å². The van der Waals surface area contributed by atoms with E-state index >= 15 is 0 Å². The zero-order chi connectivity index (χ0) is 23.9. The third-order valence-corrected chi connectivity index (χ3v) is 6.78. The lowest BCUT2D eigenvalue weighted by atomic mass is 10.1. The van der Waals surface area contributed by atoms with Crippen LogP contribution < -0.4 is 10.5 Å². The second-order valence-corrected chi connectivity index (χ2v) is 9.90. The van der Waals surface area contributed by atoms with Gasteiger partial charge in [-0.3, -0.25) is 23.7 Å². The van der Waals surface area contributed by atoms with Crippen LogP contribution in [0.5, 0.6) is 0 Å². The Morgan fingerprint density at radius 2 is 2.00 bits per heavy atom. The number of carbonyl (C=O) groups excluding carboxylic acids is 1. The molecule has 11 heteroatoms. The predicted octanol–water partition coefficient (Wildman–Crippen LogP) is 2.29. The van der Waals surface area contributed by atoms with E-state index in [1.165, 1.54) is 15.4 Å². The van der Waals surface area contributed by atoms with Crippen LogP contribution in [0.2, 0.25) is 0 Å². The Morgan fingerprint density at radius 3 is 2.67 bits per heavy atom. The van der Waals surface area contributed by atoms with Crippen molar-refractivity contribution in [1.29, 1.82) is 0 Å². The average molecular weight is 489 g/mol. The zero-order valence-corrected chi connectivity index (χ0v) is 20.1. The monoisotopic (exact) mass is 488 g/mol. The van der Waals surface area contributed by atoms with Crippen LogP contribution in [0, 0.1) is 6.92 Å². The second-order valence-electron chi connectivity index (χ2n) is 8.23. The molecule has 0 bridgehead atoms. The van der Waals surface area contributed by atoms with Gasteiger partial charge in [0.2, 0.25) is 0 Å². The summed E-state index contributed by atoms with van der Waals surface area (Å²) in [4.78, 5) is 45.8. The summed E-state index contributed by atoms with van der Waals surface area (Å²) in [5.74, 6) is -0.936. The number of aryl methyl sites for hydroxylation is 1. The Balaban J connectivity index is 1.82. The number of hydrogen-bond donors (Lipinski definition) is 1. The van der Waals surface area contributed by atoms with Crippen LogP contribution in [0.4, 0.5) is 5.82 Å². The van der Waals surface area contributed by atoms with Crippen molar-refractivity contribution in [2.24, 2.45) is 0 Å². The maximum Gasteiger partial charge on any atom is 0.305 e. The quantitative estimate of drug-likeness (QED) is 0.501. The molecule has 2 fully saturated rings. The number of aromatic nitrogens is 2. The smallest absolute Gasteiger partial charge is 0.305 e. The molecular formula is C22H24N4O5S2. The van der Waals surface area contributed by atoms with Gasteiger partial charge in [-0.05, 0) is 38.5 Å². The summed E-state index contributed by atoms with van der Waals surface area (Å²) in [6.45, 7) is 6.91. The van der Waals surface area contributed by atoms with Gasteiger partial charge in [0.25, 0.3) is 11.5 Å². The number of aliphatic carboxylic acids is 1. The molecule has 2 aromatic rings. The van der Waals surface area contributed by atoms with Crippen LogP contribution in [0.15, 0.2) is 28.0 Å². The molecule has 2 aliphatic heterocycles. The topological polar surface area (TPSA) is 104 Å². The highest BCUT2D eigenvalue weighted by atomic mass is 32.2. The highest BCUT2D eigenvalue weighted by molar-refractivity contribution is 8.26. The molecule has 2 aliphatic rings. The fraction of sp³-hybridized carbons (Fsp3) is 0.409. The standard InChI is InChI=1S/C22H24N4O5S2/c1-12-4-5-17-23-19(24-10-13(2)31-14(3)11-24)15(20(29)26(17)9-12)8-16-21(30)25(22(32)33-16)7-6-18(27)28/h4-5,8-9,13-14H,6-7,10-11H2,1-3H3,(H,27,28)/b16-8+. The molecule has 4 rings (SSSR count). The highest BCUT2D eigenvalue weighted by Gasteiger charge is 2.33. The summed E-state index contributed by atoms with van der Waals surface area (Å²) in [5, 5.41) is 8.96. The Labute approximate surface area is 200 Å². The Bertz CT molecular complexity index is 1230. The average Bonchev–Trinajstić information content (AvgIpc) is 3.00. The number of hydrogen-bond acceptors (Lipinski definition) is 8. The number of carboxylic acid groups (broad SMARTS) is 1. The lowest BCUT2D eigenvalue weighted by molar-refractivity contribution is -0.137. The predicted molar refractivity (Wildman–Crippen MR) is 131 cm³/mol. The van der Waals surface area contributed by atoms with Crippen LogP contribution >= 0.6 is 24.0 Å². The number of pyridine rings is 1. The number of morpholine rings is 1. The van der Waals surface area contributed by atoms with E-state index in [1.54, 1.807) is 12.3 Å². The van der Waals surface area contributed by atoms with Gasteiger partial charge in [-0.15, -0.1) is 0 Å². The zero-order valence-electron chi connectivity index (χ0n) is 18.5. The molecule has 0 saturated carbocycles. The minimum Gasteiger partial charge on any atom is -0.481 e. The summed E-state index contributed by atoms with van der Waals surface area (Å²) >= 11 is 6.35. The number of thiocarbonyl (C=S) groups is 1. The van der Waals surface area contributed by atoms with Crippen LogP contribution in [-0.2, 0) is 14.3 Å². The van der Waals surface area contributed by atoms with Gasteiger partial charge >= 0.3 is 5.97 Å². The number of rotatable bonds is 5. The van der Waals surface area contributed by atoms with Gasteiger partial charge in [-0.1, -0.05) is 30.0 Å². The van der Waals surface area contributed by atoms with E-state index in [9.17, 15) is 14.4 Å². The minimum atomic E-state index is -1.02. The first-order valence-corrected chi connectivity index (χ1v) is 11.8. The molecule has 2 aromatic heterocycles. The lowest BCUT2D eigenvalue weighted by Crippen LogP contribution is -2.46. The number of ether oxygens (including phenoxy) is 1. The van der Waals surface area contributed by atoms with E-state index in [1.807, 2.05) is 31.7 Å². The van der Waals surface area contributed by atoms with Crippen molar-refractivity contribution < 1.29 is 19.4 Å². The molecule has 1 N–H and O–H groups in total. The van der Waals surface area contributed by atoms with Gasteiger partial charge in [0.15, 0.2) is 0 Å². The van der Waals surface area contributed by atoms with E-state index in [-0.39, 0.29) is 45.5 Å². The molecule has 33 heavy (non-hydrogen) atoms. The van der Waals surface area contributed by atoms with Crippen LogP contribution in [-0.4, -0.2) is 67.4 Å². The fourth-order valence-electron chi connectivity index (χ4n) is 4.00. The van der Waals surface area contributed by atoms with Gasteiger partial charge in [0.05, 0.1) is 29.1 Å². The first-order chi connectivity index (χ1) is 15.6. The van der Waals surface area contributed by atoms with Crippen molar-refractivity contribution in [3.8, 4) is 0 Å². The fourth-order valence-corrected chi connectivity index (χ4v) is 5.29. The van der Waals surface area contributed by atoms with Crippen LogP contribution in [0.1, 0.15) is 31.4 Å². The Morgan fingerprint density at radius 1 is 1.30 bits per heavy atom. The number of carboxylic acids is 1. The molecular weight excluding hydrogens is 464 g/mol. The third-order valence-electron chi connectivity index (χ3n) is 5.40. The highest BCUT2D eigenvalue weighted by Crippen LogP contribution is 2.34. The largest absolute Gasteiger partial charge is 0.481 e. The van der Waals surface area contributed by atoms with Crippen molar-refractivity contribution in [3.05, 3.63) is 44.7 Å². The van der Waals surface area contributed by atoms with Gasteiger partial charge in [-0.25, -0.2) is 4.98 Å². The van der Waals surface area contributed by atoms with Gasteiger partial charge < -0.3 is 14.7 Å². The van der Waals surface area contributed by atoms with Crippen molar-refractivity contribution in [3.63, 3.8) is 0 Å². The number of fused-ring (bicyclic) bond motifs is 1. The van der Waals surface area contributed by atoms with Gasteiger partial charge in [0.1, 0.15) is 15.8 Å². The number of carbonyl (C=O) groups is 2. The molecule has 0 aromatic carbocycles. The molecule has 2 saturated heterocycles. The Kier molecular flexibility index (Phi) is 6.55. The van der Waals surface area contributed by atoms with E-state index in [0.717, 1.165) is 17.3 Å². The SMILES string of the molecule is Cc1ccc2nc(N3CC(C)OC(C)C3)c(/C=C3/SC(=S)N(CCC(=O)O)C3=O)c(=O)n2c1. The van der Waals surface area contributed by atoms with Crippen molar-refractivity contribution in [1.82, 2.24) is 14.3 Å². The van der Waals surface area contributed by atoms with E-state index < -0.39 is 11.9 Å². The normalized spacial score (nSPS) is 22.6. The summed E-state index contributed by atoms with van der Waals surface area (Å²) < 4.78 is 7.58. The van der Waals surface area contributed by atoms with Crippen LogP contribution in [0.3, 0.4) is 0 Å². The maximum atomic E-state index is 13.6. The third kappa shape index (κ3) is 4.80. The van der Waals surface area contributed by atoms with Crippen molar-refractivity contribution in [2.75, 3.05) is 24.5 Å². The number of anilines is 1. The first kappa shape index (κ1) is 23.4. The maximum absolute atomic E-state index is 13.6. The number of amides is 1. The number of nitrogens with zero attached hydrogens (tertiary/aromatic N) is 4. The van der Waals surface area contributed by atoms with Crippen molar-refractivity contribution in [2.45, 2.75) is 39.4 Å². The molecule has 0 spiro atoms. The molecule has 0 radical (unpaired) electrons. The van der Waals surface area contributed by atoms with E-state index in [4.69, 9.17) is 27.0 Å². The molecule has 174 valence electrons.